The van der Waals surface area contributed by atoms with E-state index in [4.69, 9.17) is 0 Å². The normalized spacial score (nSPS) is 15.4. The number of pyridine rings is 1. The summed E-state index contributed by atoms with van der Waals surface area (Å²) in [6.45, 7) is 2.72. The molecule has 9 nitrogen and oxygen atoms in total. The van der Waals surface area contributed by atoms with Gasteiger partial charge in [-0.05, 0) is 36.8 Å². The SMILES string of the molecule is CN(CCCC(=O)N1CCN(c2ccccn2)CC1)S(=O)(=O)c1ccc2c(c1)C(=O)c1ccccc1C2=O. The summed E-state index contributed by atoms with van der Waals surface area (Å²) in [7, 11) is -2.47. The van der Waals surface area contributed by atoms with E-state index in [-0.39, 0.29) is 52.0 Å². The fraction of sp³-hybridized carbons (Fsp3) is 0.286. The minimum atomic E-state index is -3.92. The van der Waals surface area contributed by atoms with Crippen LogP contribution in [0.15, 0.2) is 71.8 Å². The highest BCUT2D eigenvalue weighted by Crippen LogP contribution is 2.29. The average molecular weight is 533 g/mol. The number of rotatable bonds is 7. The van der Waals surface area contributed by atoms with Gasteiger partial charge in [0.05, 0.1) is 4.90 Å². The summed E-state index contributed by atoms with van der Waals surface area (Å²) in [4.78, 5) is 46.8. The summed E-state index contributed by atoms with van der Waals surface area (Å²) < 4.78 is 27.6. The zero-order valence-corrected chi connectivity index (χ0v) is 21.9. The number of aromatic nitrogens is 1. The van der Waals surface area contributed by atoms with Gasteiger partial charge in [-0.15, -0.1) is 0 Å². The van der Waals surface area contributed by atoms with Crippen LogP contribution < -0.4 is 4.90 Å². The molecule has 2 aliphatic rings. The van der Waals surface area contributed by atoms with E-state index in [0.717, 1.165) is 5.82 Å². The number of anilines is 1. The van der Waals surface area contributed by atoms with Crippen molar-refractivity contribution in [3.8, 4) is 0 Å². The van der Waals surface area contributed by atoms with Gasteiger partial charge in [-0.25, -0.2) is 17.7 Å². The summed E-state index contributed by atoms with van der Waals surface area (Å²) in [6, 6.07) is 16.3. The van der Waals surface area contributed by atoms with Crippen LogP contribution in [-0.4, -0.2) is 79.9 Å². The van der Waals surface area contributed by atoms with Crippen LogP contribution in [0.25, 0.3) is 0 Å². The number of benzene rings is 2. The molecule has 196 valence electrons. The summed E-state index contributed by atoms with van der Waals surface area (Å²) in [5.41, 5.74) is 0.875. The number of carbonyl (C=O) groups excluding carboxylic acids is 3. The van der Waals surface area contributed by atoms with Gasteiger partial charge in [-0.3, -0.25) is 14.4 Å². The lowest BCUT2D eigenvalue weighted by Gasteiger charge is -2.35. The molecule has 0 atom stereocenters. The van der Waals surface area contributed by atoms with Gasteiger partial charge in [-0.1, -0.05) is 30.3 Å². The maximum atomic E-state index is 13.2. The van der Waals surface area contributed by atoms with Crippen LogP contribution in [0.3, 0.4) is 0 Å². The smallest absolute Gasteiger partial charge is 0.242 e. The van der Waals surface area contributed by atoms with Crippen molar-refractivity contribution >= 4 is 33.3 Å². The Morgan fingerprint density at radius 1 is 0.868 bits per heavy atom. The van der Waals surface area contributed by atoms with E-state index in [1.807, 2.05) is 18.2 Å². The molecule has 0 saturated carbocycles. The van der Waals surface area contributed by atoms with Gasteiger partial charge in [0.1, 0.15) is 5.82 Å². The van der Waals surface area contributed by atoms with Gasteiger partial charge < -0.3 is 9.80 Å². The largest absolute Gasteiger partial charge is 0.353 e. The van der Waals surface area contributed by atoms with Gasteiger partial charge in [0.15, 0.2) is 11.6 Å². The second-order valence-electron chi connectivity index (χ2n) is 9.40. The molecule has 0 N–H and O–H groups in total. The van der Waals surface area contributed by atoms with Gasteiger partial charge >= 0.3 is 0 Å². The summed E-state index contributed by atoms with van der Waals surface area (Å²) in [6.07, 6.45) is 2.35. The van der Waals surface area contributed by atoms with Crippen molar-refractivity contribution in [1.29, 1.82) is 0 Å². The first kappa shape index (κ1) is 25.7. The third-order valence-corrected chi connectivity index (χ3v) is 8.93. The lowest BCUT2D eigenvalue weighted by Crippen LogP contribution is -2.49. The van der Waals surface area contributed by atoms with Crippen molar-refractivity contribution < 1.29 is 22.8 Å². The number of sulfonamides is 1. The molecule has 5 rings (SSSR count). The first-order chi connectivity index (χ1) is 18.3. The Balaban J connectivity index is 1.18. The van der Waals surface area contributed by atoms with Gasteiger partial charge in [0, 0.05) is 74.6 Å². The number of carbonyl (C=O) groups is 3. The monoisotopic (exact) mass is 532 g/mol. The lowest BCUT2D eigenvalue weighted by molar-refractivity contribution is -0.131. The fourth-order valence-electron chi connectivity index (χ4n) is 4.88. The summed E-state index contributed by atoms with van der Waals surface area (Å²) in [5, 5.41) is 0. The molecular weight excluding hydrogens is 504 g/mol. The second-order valence-corrected chi connectivity index (χ2v) is 11.4. The minimum Gasteiger partial charge on any atom is -0.353 e. The third-order valence-electron chi connectivity index (χ3n) is 7.07. The van der Waals surface area contributed by atoms with E-state index >= 15 is 0 Å². The third kappa shape index (κ3) is 4.84. The molecule has 38 heavy (non-hydrogen) atoms. The van der Waals surface area contributed by atoms with Crippen LogP contribution in [0, 0.1) is 0 Å². The number of nitrogens with zero attached hydrogens (tertiary/aromatic N) is 4. The number of amides is 1. The van der Waals surface area contributed by atoms with Crippen molar-refractivity contribution in [2.75, 3.05) is 44.7 Å². The van der Waals surface area contributed by atoms with E-state index in [0.29, 0.717) is 38.2 Å². The Labute approximate surface area is 221 Å². The standard InChI is InChI=1S/C28H28N4O5S/c1-30(14-6-10-26(33)32-17-15-31(16-18-32)25-9-4-5-13-29-25)38(36,37)20-11-12-23-24(19-20)28(35)22-8-3-2-7-21(22)27(23)34/h2-5,7-9,11-13,19H,6,10,14-18H2,1H3. The molecule has 0 bridgehead atoms. The van der Waals surface area contributed by atoms with Crippen molar-refractivity contribution in [3.63, 3.8) is 0 Å². The Hall–Kier alpha value is -3.89. The molecule has 10 heteroatoms. The molecule has 0 radical (unpaired) electrons. The average Bonchev–Trinajstić information content (AvgIpc) is 2.96. The number of hydrogen-bond acceptors (Lipinski definition) is 7. The van der Waals surface area contributed by atoms with Crippen molar-refractivity contribution in [2.24, 2.45) is 0 Å². The molecule has 1 amide bonds. The highest BCUT2D eigenvalue weighted by atomic mass is 32.2. The number of fused-ring (bicyclic) bond motifs is 2. The van der Waals surface area contributed by atoms with Crippen molar-refractivity contribution in [1.82, 2.24) is 14.2 Å². The van der Waals surface area contributed by atoms with Gasteiger partial charge in [0.25, 0.3) is 0 Å². The zero-order chi connectivity index (χ0) is 26.9. The van der Waals surface area contributed by atoms with E-state index in [2.05, 4.69) is 9.88 Å². The summed E-state index contributed by atoms with van der Waals surface area (Å²) in [5.74, 6) is 0.215. The van der Waals surface area contributed by atoms with E-state index in [1.54, 1.807) is 35.4 Å². The van der Waals surface area contributed by atoms with Crippen LogP contribution >= 0.6 is 0 Å². The van der Waals surface area contributed by atoms with Crippen LogP contribution in [0.4, 0.5) is 5.82 Å². The number of hydrogen-bond donors (Lipinski definition) is 0. The Morgan fingerprint density at radius 2 is 1.50 bits per heavy atom. The van der Waals surface area contributed by atoms with Crippen LogP contribution in [0.5, 0.6) is 0 Å². The highest BCUT2D eigenvalue weighted by Gasteiger charge is 2.32. The Kier molecular flexibility index (Phi) is 7.09. The summed E-state index contributed by atoms with van der Waals surface area (Å²) >= 11 is 0. The number of piperazine rings is 1. The molecule has 1 aliphatic carbocycles. The first-order valence-corrected chi connectivity index (χ1v) is 13.9. The van der Waals surface area contributed by atoms with E-state index in [9.17, 15) is 22.8 Å². The molecule has 1 fully saturated rings. The van der Waals surface area contributed by atoms with Gasteiger partial charge in [0.2, 0.25) is 15.9 Å². The topological polar surface area (TPSA) is 108 Å². The maximum absolute atomic E-state index is 13.2. The van der Waals surface area contributed by atoms with Crippen molar-refractivity contribution in [2.45, 2.75) is 17.7 Å². The number of ketones is 2. The van der Waals surface area contributed by atoms with Crippen LogP contribution in [0.2, 0.25) is 0 Å². The molecule has 0 spiro atoms. The zero-order valence-electron chi connectivity index (χ0n) is 21.0. The molecule has 2 aromatic carbocycles. The van der Waals surface area contributed by atoms with Gasteiger partial charge in [-0.2, -0.15) is 0 Å². The molecule has 3 aromatic rings. The van der Waals surface area contributed by atoms with E-state index < -0.39 is 10.0 Å². The van der Waals surface area contributed by atoms with Crippen LogP contribution in [0.1, 0.15) is 44.7 Å². The highest BCUT2D eigenvalue weighted by molar-refractivity contribution is 7.89. The molecule has 1 saturated heterocycles. The second kappa shape index (κ2) is 10.5. The molecule has 1 aromatic heterocycles. The Bertz CT molecular complexity index is 1500. The molecule has 0 unspecified atom stereocenters. The molecule has 1 aliphatic heterocycles. The minimum absolute atomic E-state index is 0.00646. The molecule has 2 heterocycles. The van der Waals surface area contributed by atoms with E-state index in [1.165, 1.54) is 29.6 Å². The van der Waals surface area contributed by atoms with Crippen molar-refractivity contribution in [3.05, 3.63) is 89.1 Å². The quantitative estimate of drug-likeness (QED) is 0.360. The first-order valence-electron chi connectivity index (χ1n) is 12.5. The molecular formula is C28H28N4O5S. The lowest BCUT2D eigenvalue weighted by atomic mass is 9.84. The Morgan fingerprint density at radius 3 is 2.16 bits per heavy atom. The van der Waals surface area contributed by atoms with Crippen LogP contribution in [-0.2, 0) is 14.8 Å². The maximum Gasteiger partial charge on any atom is 0.242 e. The predicted octanol–water partition coefficient (Wildman–Crippen LogP) is 2.61. The predicted molar refractivity (Wildman–Crippen MR) is 142 cm³/mol. The fourth-order valence-corrected chi connectivity index (χ4v) is 6.11.